The fourth-order valence-corrected chi connectivity index (χ4v) is 6.58. The van der Waals surface area contributed by atoms with Crippen molar-refractivity contribution < 1.29 is 4.79 Å². The Kier molecular flexibility index (Phi) is 2.70. The molecule has 0 aliphatic heterocycles. The van der Waals surface area contributed by atoms with E-state index in [1.54, 1.807) is 11.1 Å². The fourth-order valence-electron chi connectivity index (χ4n) is 6.58. The lowest BCUT2D eigenvalue weighted by Crippen LogP contribution is -2.48. The van der Waals surface area contributed by atoms with Crippen molar-refractivity contribution >= 4 is 5.78 Å². The molecule has 0 aromatic carbocycles. The van der Waals surface area contributed by atoms with Crippen LogP contribution in [0.5, 0.6) is 0 Å². The first-order valence-corrected chi connectivity index (χ1v) is 8.80. The topological polar surface area (TPSA) is 17.1 Å². The number of ketones is 1. The molecule has 1 nitrogen and oxygen atoms in total. The Hall–Kier alpha value is -0.850. The number of fused-ring (bicyclic) bond motifs is 5. The summed E-state index contributed by atoms with van der Waals surface area (Å²) in [6.45, 7) is 11.5. The van der Waals surface area contributed by atoms with Crippen molar-refractivity contribution in [2.75, 3.05) is 0 Å². The van der Waals surface area contributed by atoms with E-state index in [9.17, 15) is 4.79 Å². The Morgan fingerprint density at radius 2 is 1.95 bits per heavy atom. The summed E-state index contributed by atoms with van der Waals surface area (Å²) in [7, 11) is 0. The van der Waals surface area contributed by atoms with E-state index in [0.29, 0.717) is 17.1 Å². The molecular weight excluding hydrogens is 256 g/mol. The first kappa shape index (κ1) is 13.8. The summed E-state index contributed by atoms with van der Waals surface area (Å²) >= 11 is 0. The molecule has 114 valence electrons. The third kappa shape index (κ3) is 1.67. The second kappa shape index (κ2) is 4.12. The highest BCUT2D eigenvalue weighted by atomic mass is 16.1. The Morgan fingerprint density at radius 1 is 1.19 bits per heavy atom. The van der Waals surface area contributed by atoms with Gasteiger partial charge in [0.2, 0.25) is 0 Å². The number of carbonyl (C=O) groups excluding carboxylic acids is 1. The Labute approximate surface area is 128 Å². The Balaban J connectivity index is 1.83. The smallest absolute Gasteiger partial charge is 0.165 e. The Morgan fingerprint density at radius 3 is 2.71 bits per heavy atom. The molecule has 2 fully saturated rings. The molecule has 21 heavy (non-hydrogen) atoms. The minimum atomic E-state index is 0.202. The van der Waals surface area contributed by atoms with Gasteiger partial charge in [-0.15, -0.1) is 0 Å². The molecule has 2 bridgehead atoms. The van der Waals surface area contributed by atoms with Crippen LogP contribution in [0.4, 0.5) is 0 Å². The molecule has 0 saturated heterocycles. The first-order chi connectivity index (χ1) is 9.84. The molecule has 0 heterocycles. The van der Waals surface area contributed by atoms with Crippen molar-refractivity contribution in [3.8, 4) is 0 Å². The lowest BCUT2D eigenvalue weighted by molar-refractivity contribution is -0.117. The van der Waals surface area contributed by atoms with Crippen molar-refractivity contribution in [2.24, 2.45) is 28.6 Å². The SMILES string of the molecule is C=C1C(=O)[C@H]2C[C@@H]1CC1=C2[C@]2(C)CCCC(C)(C)[C@H]2CC1. The van der Waals surface area contributed by atoms with Gasteiger partial charge < -0.3 is 0 Å². The van der Waals surface area contributed by atoms with Gasteiger partial charge in [0.05, 0.1) is 0 Å². The van der Waals surface area contributed by atoms with Crippen LogP contribution in [-0.2, 0) is 4.79 Å². The summed E-state index contributed by atoms with van der Waals surface area (Å²) < 4.78 is 0. The van der Waals surface area contributed by atoms with Crippen LogP contribution >= 0.6 is 0 Å². The van der Waals surface area contributed by atoms with Gasteiger partial charge in [0, 0.05) is 5.92 Å². The van der Waals surface area contributed by atoms with E-state index >= 15 is 0 Å². The summed E-state index contributed by atoms with van der Waals surface area (Å²) in [5, 5.41) is 0. The van der Waals surface area contributed by atoms with Gasteiger partial charge in [0.15, 0.2) is 5.78 Å². The summed E-state index contributed by atoms with van der Waals surface area (Å²) in [6.07, 6.45) is 8.75. The predicted molar refractivity (Wildman–Crippen MR) is 85.9 cm³/mol. The molecule has 0 aromatic rings. The van der Waals surface area contributed by atoms with Crippen molar-refractivity contribution in [3.05, 3.63) is 23.3 Å². The van der Waals surface area contributed by atoms with E-state index in [0.717, 1.165) is 24.3 Å². The molecule has 4 atom stereocenters. The average molecular weight is 284 g/mol. The van der Waals surface area contributed by atoms with Gasteiger partial charge in [0.1, 0.15) is 0 Å². The van der Waals surface area contributed by atoms with Gasteiger partial charge >= 0.3 is 0 Å². The number of Topliss-reactive ketones (excluding diaryl/α,β-unsaturated/α-hetero) is 1. The molecule has 0 amide bonds. The predicted octanol–water partition coefficient (Wildman–Crippen LogP) is 5.07. The Bertz CT molecular complexity index is 564. The minimum Gasteiger partial charge on any atom is -0.294 e. The molecule has 1 heteroatoms. The number of carbonyl (C=O) groups is 1. The third-order valence-electron chi connectivity index (χ3n) is 7.45. The zero-order chi connectivity index (χ0) is 15.0. The van der Waals surface area contributed by atoms with Crippen molar-refractivity contribution in [2.45, 2.75) is 65.7 Å². The molecule has 0 unspecified atom stereocenters. The van der Waals surface area contributed by atoms with Crippen LogP contribution in [-0.4, -0.2) is 5.78 Å². The number of hydrogen-bond donors (Lipinski definition) is 0. The summed E-state index contributed by atoms with van der Waals surface area (Å²) in [5.74, 6) is 1.82. The van der Waals surface area contributed by atoms with Crippen LogP contribution in [0.15, 0.2) is 23.3 Å². The molecule has 4 aliphatic carbocycles. The molecule has 0 aromatic heterocycles. The monoisotopic (exact) mass is 284 g/mol. The maximum atomic E-state index is 12.7. The molecule has 4 aliphatic rings. The van der Waals surface area contributed by atoms with Gasteiger partial charge in [-0.05, 0) is 66.8 Å². The second-order valence-corrected chi connectivity index (χ2v) is 8.95. The normalized spacial score (nSPS) is 44.6. The maximum Gasteiger partial charge on any atom is 0.165 e. The first-order valence-electron chi connectivity index (χ1n) is 8.80. The summed E-state index contributed by atoms with van der Waals surface area (Å²) in [5.41, 5.74) is 4.89. The van der Waals surface area contributed by atoms with Crippen molar-refractivity contribution in [3.63, 3.8) is 0 Å². The third-order valence-corrected chi connectivity index (χ3v) is 7.45. The zero-order valence-corrected chi connectivity index (χ0v) is 13.8. The quantitative estimate of drug-likeness (QED) is 0.448. The van der Waals surface area contributed by atoms with Crippen LogP contribution in [0.25, 0.3) is 0 Å². The van der Waals surface area contributed by atoms with E-state index in [2.05, 4.69) is 27.4 Å². The molecule has 0 N–H and O–H groups in total. The van der Waals surface area contributed by atoms with Crippen LogP contribution in [0.1, 0.15) is 65.7 Å². The fraction of sp³-hybridized carbons (Fsp3) is 0.750. The van der Waals surface area contributed by atoms with Crippen molar-refractivity contribution in [1.82, 2.24) is 0 Å². The van der Waals surface area contributed by atoms with Gasteiger partial charge in [-0.2, -0.15) is 0 Å². The van der Waals surface area contributed by atoms with Crippen LogP contribution in [0.2, 0.25) is 0 Å². The number of rotatable bonds is 0. The van der Waals surface area contributed by atoms with Gasteiger partial charge in [-0.1, -0.05) is 44.9 Å². The highest BCUT2D eigenvalue weighted by Crippen LogP contribution is 2.64. The van der Waals surface area contributed by atoms with Gasteiger partial charge in [-0.3, -0.25) is 4.79 Å². The second-order valence-electron chi connectivity index (χ2n) is 8.95. The largest absolute Gasteiger partial charge is 0.294 e. The molecular formula is C20H28O. The van der Waals surface area contributed by atoms with E-state index in [1.807, 2.05) is 0 Å². The van der Waals surface area contributed by atoms with Crippen LogP contribution in [0.3, 0.4) is 0 Å². The lowest BCUT2D eigenvalue weighted by atomic mass is 9.48. The molecule has 4 rings (SSSR count). The van der Waals surface area contributed by atoms with Gasteiger partial charge in [0.25, 0.3) is 0 Å². The van der Waals surface area contributed by atoms with E-state index in [-0.39, 0.29) is 11.3 Å². The van der Waals surface area contributed by atoms with Crippen molar-refractivity contribution in [1.29, 1.82) is 0 Å². The maximum absolute atomic E-state index is 12.7. The highest BCUT2D eigenvalue weighted by Gasteiger charge is 2.56. The molecule has 0 radical (unpaired) electrons. The molecule has 2 saturated carbocycles. The van der Waals surface area contributed by atoms with E-state index in [1.165, 1.54) is 32.1 Å². The summed E-state index contributed by atoms with van der Waals surface area (Å²) in [6, 6.07) is 0. The zero-order valence-electron chi connectivity index (χ0n) is 13.8. The number of allylic oxidation sites excluding steroid dienone is 3. The van der Waals surface area contributed by atoms with Crippen LogP contribution in [0, 0.1) is 28.6 Å². The van der Waals surface area contributed by atoms with E-state index < -0.39 is 0 Å². The van der Waals surface area contributed by atoms with Gasteiger partial charge in [-0.25, -0.2) is 0 Å². The minimum absolute atomic E-state index is 0.202. The molecule has 0 spiro atoms. The summed E-state index contributed by atoms with van der Waals surface area (Å²) in [4.78, 5) is 12.7. The lowest BCUT2D eigenvalue weighted by Gasteiger charge is -2.57. The average Bonchev–Trinajstić information content (AvgIpc) is 2.62. The standard InChI is InChI=1S/C20H28O/c1-12-14-10-13-6-7-16-19(2,3)8-5-9-20(16,4)17(13)15(11-14)18(12)21/h14-16H,1,5-11H2,2-4H3/t14-,15-,16+,20+/m0/s1. The highest BCUT2D eigenvalue weighted by molar-refractivity contribution is 6.02. The number of hydrogen-bond acceptors (Lipinski definition) is 1. The van der Waals surface area contributed by atoms with E-state index in [4.69, 9.17) is 0 Å². The van der Waals surface area contributed by atoms with Crippen LogP contribution < -0.4 is 0 Å².